The van der Waals surface area contributed by atoms with Crippen molar-refractivity contribution < 1.29 is 28.7 Å². The summed E-state index contributed by atoms with van der Waals surface area (Å²) < 4.78 is 10.4. The van der Waals surface area contributed by atoms with Gasteiger partial charge in [0.1, 0.15) is 5.75 Å². The fraction of sp³-hybridized carbons (Fsp3) is 0.514. The van der Waals surface area contributed by atoms with Gasteiger partial charge in [0, 0.05) is 48.7 Å². The fourth-order valence-corrected chi connectivity index (χ4v) is 8.87. The predicted molar refractivity (Wildman–Crippen MR) is 188 cm³/mol. The molecular formula is C37H46N4O6S. The minimum absolute atomic E-state index is 0.0911. The molecule has 3 fully saturated rings. The Morgan fingerprint density at radius 2 is 1.65 bits per heavy atom. The van der Waals surface area contributed by atoms with E-state index in [9.17, 15) is 19.2 Å². The number of anilines is 1. The number of carbonyl (C=O) groups excluding carboxylic acids is 4. The largest absolute Gasteiger partial charge is 0.497 e. The summed E-state index contributed by atoms with van der Waals surface area (Å²) in [5.41, 5.74) is 4.86. The number of urea groups is 1. The molecule has 10 nitrogen and oxygen atoms in total. The maximum absolute atomic E-state index is 13.7. The summed E-state index contributed by atoms with van der Waals surface area (Å²) in [5.74, 6) is 0.915. The summed E-state index contributed by atoms with van der Waals surface area (Å²) in [6, 6.07) is 16.6. The van der Waals surface area contributed by atoms with Gasteiger partial charge in [-0.1, -0.05) is 37.1 Å². The molecule has 4 aliphatic rings. The van der Waals surface area contributed by atoms with Crippen molar-refractivity contribution in [3.8, 4) is 5.75 Å². The van der Waals surface area contributed by atoms with Gasteiger partial charge in [-0.15, -0.1) is 0 Å². The first kappa shape index (κ1) is 33.9. The van der Waals surface area contributed by atoms with Crippen LogP contribution in [0.2, 0.25) is 0 Å². The van der Waals surface area contributed by atoms with Crippen molar-refractivity contribution in [3.63, 3.8) is 0 Å². The van der Waals surface area contributed by atoms with Crippen LogP contribution in [0.1, 0.15) is 81.8 Å². The molecule has 2 aromatic rings. The second-order valence-electron chi connectivity index (χ2n) is 13.1. The Balaban J connectivity index is 0.891. The number of fused-ring (bicyclic) bond motifs is 2. The first-order chi connectivity index (χ1) is 23.4. The van der Waals surface area contributed by atoms with Gasteiger partial charge >= 0.3 is 18.0 Å². The third-order valence-corrected chi connectivity index (χ3v) is 11.4. The first-order valence-electron chi connectivity index (χ1n) is 17.3. The summed E-state index contributed by atoms with van der Waals surface area (Å²) in [7, 11) is 1.66. The molecule has 2 aromatic carbocycles. The van der Waals surface area contributed by atoms with Gasteiger partial charge in [0.15, 0.2) is 0 Å². The van der Waals surface area contributed by atoms with Crippen molar-refractivity contribution in [3.05, 3.63) is 59.7 Å². The van der Waals surface area contributed by atoms with E-state index in [2.05, 4.69) is 16.0 Å². The molecule has 1 unspecified atom stereocenters. The Bertz CT molecular complexity index is 1510. The maximum Gasteiger partial charge on any atom is 0.315 e. The Hall–Kier alpha value is -3.99. The van der Waals surface area contributed by atoms with E-state index in [0.29, 0.717) is 18.1 Å². The molecule has 6 rings (SSSR count). The summed E-state index contributed by atoms with van der Waals surface area (Å²) in [6.07, 6.45) is 8.24. The SMILES string of the molecule is COc1ccc(C2=C(c3ccc(NCCCCCC(=O)OC(=O)CCCC[C@@H]4SC[C@@H]5NC(=O)N[C@@H]54)cc3)C(=O)N3CCCC3C2)cc1. The molecule has 4 heterocycles. The number of nitrogens with zero attached hydrogens (tertiary/aromatic N) is 1. The average molecular weight is 675 g/mol. The Morgan fingerprint density at radius 3 is 2.40 bits per heavy atom. The van der Waals surface area contributed by atoms with Crippen LogP contribution in [0.25, 0.3) is 11.1 Å². The van der Waals surface area contributed by atoms with E-state index in [1.165, 1.54) is 0 Å². The summed E-state index contributed by atoms with van der Waals surface area (Å²) in [5, 5.41) is 9.73. The molecule has 0 spiro atoms. The predicted octanol–water partition coefficient (Wildman–Crippen LogP) is 5.77. The number of carbonyl (C=O) groups is 4. The van der Waals surface area contributed by atoms with Crippen molar-refractivity contribution in [2.24, 2.45) is 0 Å². The van der Waals surface area contributed by atoms with Crippen molar-refractivity contribution in [1.82, 2.24) is 15.5 Å². The van der Waals surface area contributed by atoms with Crippen molar-refractivity contribution >= 4 is 52.5 Å². The number of hydrogen-bond donors (Lipinski definition) is 3. The third kappa shape index (κ3) is 8.17. The summed E-state index contributed by atoms with van der Waals surface area (Å²) in [6.45, 7) is 1.57. The number of unbranched alkanes of at least 4 members (excludes halogenated alkanes) is 3. The second-order valence-corrected chi connectivity index (χ2v) is 14.4. The lowest BCUT2D eigenvalue weighted by Gasteiger charge is -2.33. The highest BCUT2D eigenvalue weighted by Gasteiger charge is 2.42. The molecular weight excluding hydrogens is 628 g/mol. The number of hydrogen-bond acceptors (Lipinski definition) is 8. The van der Waals surface area contributed by atoms with Crippen molar-refractivity contribution in [2.45, 2.75) is 94.0 Å². The highest BCUT2D eigenvalue weighted by atomic mass is 32.2. The van der Waals surface area contributed by atoms with Crippen LogP contribution in [0.4, 0.5) is 10.5 Å². The van der Waals surface area contributed by atoms with Gasteiger partial charge in [-0.25, -0.2) is 4.79 Å². The topological polar surface area (TPSA) is 126 Å². The van der Waals surface area contributed by atoms with Gasteiger partial charge < -0.3 is 30.3 Å². The third-order valence-electron chi connectivity index (χ3n) is 9.88. The lowest BCUT2D eigenvalue weighted by molar-refractivity contribution is -0.159. The van der Waals surface area contributed by atoms with Gasteiger partial charge in [-0.3, -0.25) is 14.4 Å². The van der Waals surface area contributed by atoms with Crippen LogP contribution in [0.15, 0.2) is 48.5 Å². The second kappa shape index (κ2) is 15.9. The smallest absolute Gasteiger partial charge is 0.315 e. The lowest BCUT2D eigenvalue weighted by atomic mass is 9.85. The fourth-order valence-electron chi connectivity index (χ4n) is 7.32. The molecule has 3 N–H and O–H groups in total. The van der Waals surface area contributed by atoms with Crippen LogP contribution < -0.4 is 20.7 Å². The zero-order valence-electron chi connectivity index (χ0n) is 27.6. The summed E-state index contributed by atoms with van der Waals surface area (Å²) in [4.78, 5) is 51.5. The number of rotatable bonds is 15. The van der Waals surface area contributed by atoms with Crippen molar-refractivity contribution in [1.29, 1.82) is 0 Å². The van der Waals surface area contributed by atoms with Gasteiger partial charge in [0.2, 0.25) is 0 Å². The number of methoxy groups -OCH3 is 1. The molecule has 256 valence electrons. The molecule has 0 aliphatic carbocycles. The van der Waals surface area contributed by atoms with Gasteiger partial charge in [-0.05, 0) is 85.9 Å². The number of ether oxygens (including phenoxy) is 2. The minimum atomic E-state index is -0.460. The zero-order valence-corrected chi connectivity index (χ0v) is 28.4. The molecule has 0 radical (unpaired) electrons. The molecule has 3 saturated heterocycles. The molecule has 3 amide bonds. The standard InChI is InChI=1S/C37H46N4O6S/c1-46-28-18-14-24(15-19-28)29-22-27-8-7-21-41(27)36(44)34(29)25-12-16-26(17-13-25)38-20-6-2-3-10-32(42)47-33(43)11-5-4-9-31-35-30(23-48-31)39-37(45)40-35/h12-19,27,30-31,35,38H,2-11,20-23H2,1H3,(H2,39,40,45)/t27?,30-,31-,35-/m0/s1. The van der Waals surface area contributed by atoms with Crippen LogP contribution in [0.5, 0.6) is 5.75 Å². The van der Waals surface area contributed by atoms with Crippen LogP contribution >= 0.6 is 11.8 Å². The normalized spacial score (nSPS) is 23.0. The molecule has 48 heavy (non-hydrogen) atoms. The van der Waals surface area contributed by atoms with E-state index >= 15 is 0 Å². The van der Waals surface area contributed by atoms with Gasteiger partial charge in [0.25, 0.3) is 5.91 Å². The number of benzene rings is 2. The number of thioether (sulfide) groups is 1. The number of esters is 2. The molecule has 0 aromatic heterocycles. The van der Waals surface area contributed by atoms with E-state index in [4.69, 9.17) is 9.47 Å². The Morgan fingerprint density at radius 1 is 0.917 bits per heavy atom. The van der Waals surface area contributed by atoms with Crippen LogP contribution in [0, 0.1) is 0 Å². The highest BCUT2D eigenvalue weighted by Crippen LogP contribution is 2.41. The van der Waals surface area contributed by atoms with E-state index in [1.807, 2.05) is 65.2 Å². The van der Waals surface area contributed by atoms with Gasteiger partial charge in [0.05, 0.1) is 24.8 Å². The highest BCUT2D eigenvalue weighted by molar-refractivity contribution is 8.00. The van der Waals surface area contributed by atoms with Gasteiger partial charge in [-0.2, -0.15) is 11.8 Å². The first-order valence-corrected chi connectivity index (χ1v) is 18.4. The van der Waals surface area contributed by atoms with Crippen molar-refractivity contribution in [2.75, 3.05) is 31.3 Å². The molecule has 0 saturated carbocycles. The van der Waals surface area contributed by atoms with Crippen LogP contribution in [-0.2, 0) is 19.1 Å². The van der Waals surface area contributed by atoms with Crippen LogP contribution in [0.3, 0.4) is 0 Å². The number of amides is 3. The van der Waals surface area contributed by atoms with E-state index < -0.39 is 11.9 Å². The average Bonchev–Trinajstić information content (AvgIpc) is 3.82. The monoisotopic (exact) mass is 674 g/mol. The maximum atomic E-state index is 13.7. The zero-order chi connectivity index (χ0) is 33.5. The molecule has 0 bridgehead atoms. The quantitative estimate of drug-likeness (QED) is 0.0942. The van der Waals surface area contributed by atoms with E-state index in [1.54, 1.807) is 7.11 Å². The molecule has 4 aliphatic heterocycles. The molecule has 11 heteroatoms. The Kier molecular flexibility index (Phi) is 11.3. The minimum Gasteiger partial charge on any atom is -0.497 e. The van der Waals surface area contributed by atoms with E-state index in [0.717, 1.165) is 97.5 Å². The summed E-state index contributed by atoms with van der Waals surface area (Å²) >= 11 is 1.86. The lowest BCUT2D eigenvalue weighted by Crippen LogP contribution is -2.39. The van der Waals surface area contributed by atoms with Crippen LogP contribution in [-0.4, -0.2) is 78.1 Å². The Labute approximate surface area is 286 Å². The number of nitrogens with one attached hydrogen (secondary N) is 3. The molecule has 4 atom stereocenters. The van der Waals surface area contributed by atoms with E-state index in [-0.39, 0.29) is 42.9 Å².